The number of carbonyl (C=O) groups is 1. The van der Waals surface area contributed by atoms with Gasteiger partial charge in [-0.25, -0.2) is 0 Å². The van der Waals surface area contributed by atoms with Crippen molar-refractivity contribution in [2.24, 2.45) is 0 Å². The van der Waals surface area contributed by atoms with E-state index in [1.807, 2.05) is 43.3 Å². The Morgan fingerprint density at radius 2 is 1.95 bits per heavy atom. The maximum absolute atomic E-state index is 12.2. The summed E-state index contributed by atoms with van der Waals surface area (Å²) < 4.78 is 0. The third kappa shape index (κ3) is 3.16. The summed E-state index contributed by atoms with van der Waals surface area (Å²) in [6.07, 6.45) is 2.89. The second-order valence-corrected chi connectivity index (χ2v) is 6.07. The number of carbonyl (C=O) groups excluding carboxylic acids is 1. The highest BCUT2D eigenvalue weighted by molar-refractivity contribution is 5.97. The molecule has 0 radical (unpaired) electrons. The van der Waals surface area contributed by atoms with Crippen LogP contribution in [0.2, 0.25) is 0 Å². The van der Waals surface area contributed by atoms with Gasteiger partial charge in [-0.2, -0.15) is 0 Å². The molecular weight excluding hydrogens is 278 g/mol. The van der Waals surface area contributed by atoms with Crippen molar-refractivity contribution in [1.29, 1.82) is 0 Å². The fraction of sp³-hybridized carbons (Fsp3) is 0.389. The van der Waals surface area contributed by atoms with Gasteiger partial charge >= 0.3 is 0 Å². The van der Waals surface area contributed by atoms with Gasteiger partial charge in [0, 0.05) is 36.7 Å². The Morgan fingerprint density at radius 3 is 2.50 bits per heavy atom. The summed E-state index contributed by atoms with van der Waals surface area (Å²) in [5.41, 5.74) is 2.27. The van der Waals surface area contributed by atoms with E-state index in [9.17, 15) is 14.9 Å². The van der Waals surface area contributed by atoms with Crippen LogP contribution in [0, 0.1) is 10.1 Å². The van der Waals surface area contributed by atoms with Crippen LogP contribution in [0.15, 0.2) is 47.1 Å². The third-order valence-corrected chi connectivity index (χ3v) is 4.30. The van der Waals surface area contributed by atoms with Gasteiger partial charge in [-0.05, 0) is 23.6 Å². The van der Waals surface area contributed by atoms with Crippen LogP contribution in [0.5, 0.6) is 0 Å². The summed E-state index contributed by atoms with van der Waals surface area (Å²) in [6, 6.07) is 9.70. The zero-order chi connectivity index (χ0) is 16.3. The number of nitrogens with zero attached hydrogens (tertiary/aromatic N) is 1. The monoisotopic (exact) mass is 299 g/mol. The highest BCUT2D eigenvalue weighted by Gasteiger charge is 2.44. The van der Waals surface area contributed by atoms with E-state index in [1.54, 1.807) is 13.8 Å². The van der Waals surface area contributed by atoms with Crippen molar-refractivity contribution in [1.82, 2.24) is 0 Å². The van der Waals surface area contributed by atoms with Crippen LogP contribution in [0.25, 0.3) is 6.08 Å². The molecule has 1 atom stereocenters. The van der Waals surface area contributed by atoms with Crippen molar-refractivity contribution < 1.29 is 9.72 Å². The van der Waals surface area contributed by atoms with Gasteiger partial charge in [0.2, 0.25) is 5.54 Å². The predicted octanol–water partition coefficient (Wildman–Crippen LogP) is 4.19. The molecule has 22 heavy (non-hydrogen) atoms. The average Bonchev–Trinajstić information content (AvgIpc) is 2.50. The molecule has 1 aromatic carbocycles. The largest absolute Gasteiger partial charge is 0.295 e. The lowest BCUT2D eigenvalue weighted by atomic mass is 9.75. The highest BCUT2D eigenvalue weighted by Crippen LogP contribution is 2.39. The zero-order valence-corrected chi connectivity index (χ0v) is 13.3. The lowest BCUT2D eigenvalue weighted by Crippen LogP contribution is -2.39. The molecule has 0 saturated heterocycles. The molecule has 0 bridgehead atoms. The number of rotatable bonds is 4. The molecule has 0 N–H and O–H groups in total. The molecule has 0 aliphatic heterocycles. The molecule has 1 aromatic rings. The topological polar surface area (TPSA) is 60.2 Å². The Labute approximate surface area is 130 Å². The van der Waals surface area contributed by atoms with Crippen molar-refractivity contribution >= 4 is 11.9 Å². The SMILES string of the molecule is CCC(=O)C1=C(C)/C(=C/c2ccccc2)CC(C)([N+](=O)[O-])C1. The van der Waals surface area contributed by atoms with Gasteiger partial charge < -0.3 is 0 Å². The third-order valence-electron chi connectivity index (χ3n) is 4.30. The first-order chi connectivity index (χ1) is 10.4. The minimum absolute atomic E-state index is 0.00392. The van der Waals surface area contributed by atoms with E-state index in [2.05, 4.69) is 0 Å². The summed E-state index contributed by atoms with van der Waals surface area (Å²) in [5.74, 6) is 0.00392. The van der Waals surface area contributed by atoms with Gasteiger partial charge in [0.1, 0.15) is 0 Å². The molecule has 4 nitrogen and oxygen atoms in total. The standard InChI is InChI=1S/C18H21NO3/c1-4-17(20)16-12-18(3,19(21)22)11-15(13(16)2)10-14-8-6-5-7-9-14/h5-10H,4,11-12H2,1-3H3/b15-10+. The minimum atomic E-state index is -1.11. The highest BCUT2D eigenvalue weighted by atomic mass is 16.6. The minimum Gasteiger partial charge on any atom is -0.295 e. The van der Waals surface area contributed by atoms with Gasteiger partial charge in [-0.15, -0.1) is 0 Å². The summed E-state index contributed by atoms with van der Waals surface area (Å²) in [4.78, 5) is 23.4. The van der Waals surface area contributed by atoms with E-state index in [-0.39, 0.29) is 17.1 Å². The molecular formula is C18H21NO3. The normalized spacial score (nSPS) is 23.7. The van der Waals surface area contributed by atoms with Crippen molar-refractivity contribution in [2.75, 3.05) is 0 Å². The van der Waals surface area contributed by atoms with E-state index in [4.69, 9.17) is 0 Å². The number of benzene rings is 1. The van der Waals surface area contributed by atoms with Gasteiger partial charge in [0.05, 0.1) is 0 Å². The van der Waals surface area contributed by atoms with Crippen LogP contribution in [0.4, 0.5) is 0 Å². The van der Waals surface area contributed by atoms with Crippen LogP contribution >= 0.6 is 0 Å². The van der Waals surface area contributed by atoms with Crippen LogP contribution in [0.1, 0.15) is 45.6 Å². The van der Waals surface area contributed by atoms with Crippen LogP contribution in [-0.2, 0) is 4.79 Å². The van der Waals surface area contributed by atoms with Crippen LogP contribution in [0.3, 0.4) is 0 Å². The van der Waals surface area contributed by atoms with E-state index in [0.29, 0.717) is 18.4 Å². The molecule has 0 aromatic heterocycles. The van der Waals surface area contributed by atoms with Crippen molar-refractivity contribution in [2.45, 2.75) is 45.6 Å². The van der Waals surface area contributed by atoms with E-state index in [0.717, 1.165) is 16.7 Å². The first kappa shape index (κ1) is 16.1. The van der Waals surface area contributed by atoms with E-state index in [1.165, 1.54) is 0 Å². The second-order valence-electron chi connectivity index (χ2n) is 6.07. The Balaban J connectivity index is 2.53. The number of hydrogen-bond donors (Lipinski definition) is 0. The molecule has 1 unspecified atom stereocenters. The fourth-order valence-corrected chi connectivity index (χ4v) is 2.87. The molecule has 0 heterocycles. The van der Waals surface area contributed by atoms with E-state index < -0.39 is 5.54 Å². The summed E-state index contributed by atoms with van der Waals surface area (Å²) >= 11 is 0. The summed E-state index contributed by atoms with van der Waals surface area (Å²) in [7, 11) is 0. The number of Topliss-reactive ketones (excluding diaryl/α,β-unsaturated/α-hetero) is 1. The lowest BCUT2D eigenvalue weighted by Gasteiger charge is -2.30. The van der Waals surface area contributed by atoms with Crippen molar-refractivity contribution in [3.8, 4) is 0 Å². The summed E-state index contributed by atoms with van der Waals surface area (Å²) in [5, 5.41) is 11.5. The molecule has 0 saturated carbocycles. The first-order valence-electron chi connectivity index (χ1n) is 7.51. The van der Waals surface area contributed by atoms with Gasteiger partial charge in [-0.1, -0.05) is 43.3 Å². The Morgan fingerprint density at radius 1 is 1.32 bits per heavy atom. The molecule has 1 aliphatic rings. The Kier molecular flexibility index (Phi) is 4.59. The molecule has 116 valence electrons. The quantitative estimate of drug-likeness (QED) is 0.618. The molecule has 4 heteroatoms. The van der Waals surface area contributed by atoms with Gasteiger partial charge in [0.25, 0.3) is 0 Å². The molecule has 0 fully saturated rings. The lowest BCUT2D eigenvalue weighted by molar-refractivity contribution is -0.564. The average molecular weight is 299 g/mol. The van der Waals surface area contributed by atoms with Gasteiger partial charge in [0.15, 0.2) is 5.78 Å². The Hall–Kier alpha value is -2.23. The summed E-state index contributed by atoms with van der Waals surface area (Å²) in [6.45, 7) is 5.32. The molecule has 1 aliphatic carbocycles. The maximum atomic E-state index is 12.2. The van der Waals surface area contributed by atoms with Crippen molar-refractivity contribution in [3.05, 3.63) is 62.7 Å². The molecule has 0 spiro atoms. The zero-order valence-electron chi connectivity index (χ0n) is 13.3. The Bertz CT molecular complexity index is 658. The number of nitro groups is 1. The maximum Gasteiger partial charge on any atom is 0.227 e. The second kappa shape index (κ2) is 6.26. The van der Waals surface area contributed by atoms with E-state index >= 15 is 0 Å². The number of hydrogen-bond acceptors (Lipinski definition) is 3. The van der Waals surface area contributed by atoms with Crippen molar-refractivity contribution in [3.63, 3.8) is 0 Å². The predicted molar refractivity (Wildman–Crippen MR) is 87.1 cm³/mol. The molecule has 2 rings (SSSR count). The number of ketones is 1. The molecule has 0 amide bonds. The first-order valence-corrected chi connectivity index (χ1v) is 7.51. The smallest absolute Gasteiger partial charge is 0.227 e. The fourth-order valence-electron chi connectivity index (χ4n) is 2.87. The van der Waals surface area contributed by atoms with Crippen LogP contribution in [-0.4, -0.2) is 16.2 Å². The van der Waals surface area contributed by atoms with Gasteiger partial charge in [-0.3, -0.25) is 14.9 Å². The van der Waals surface area contributed by atoms with Crippen LogP contribution < -0.4 is 0 Å². The number of allylic oxidation sites excluding steroid dienone is 1.